The molecule has 0 nitrogen and oxygen atoms in total. The van der Waals surface area contributed by atoms with Gasteiger partial charge >= 0.3 is 0 Å². The summed E-state index contributed by atoms with van der Waals surface area (Å²) in [4.78, 5) is 0. The van der Waals surface area contributed by atoms with E-state index in [0.717, 1.165) is 0 Å². The highest BCUT2D eigenvalue weighted by molar-refractivity contribution is 5.44. The Morgan fingerprint density at radius 1 is 0.632 bits per heavy atom. The highest BCUT2D eigenvalue weighted by Crippen LogP contribution is 2.37. The quantitative estimate of drug-likeness (QED) is 0.462. The van der Waals surface area contributed by atoms with Crippen molar-refractivity contribution in [1.29, 1.82) is 0 Å². The van der Waals surface area contributed by atoms with Crippen LogP contribution >= 0.6 is 0 Å². The van der Waals surface area contributed by atoms with Gasteiger partial charge in [0.2, 0.25) is 0 Å². The van der Waals surface area contributed by atoms with E-state index >= 15 is 0 Å². The maximum absolute atomic E-state index is 3.67. The SMILES string of the molecule is CC(C)(C)C1=C=C(C(C)(C)C)C=C(C(C)(C)C)C=C1. The fraction of sp³-hybridized carbons (Fsp3) is 0.632. The van der Waals surface area contributed by atoms with Gasteiger partial charge in [-0.05, 0) is 39.0 Å². The predicted octanol–water partition coefficient (Wildman–Crippen LogP) is 6.07. The van der Waals surface area contributed by atoms with Crippen LogP contribution in [0.25, 0.3) is 0 Å². The first-order valence-corrected chi connectivity index (χ1v) is 7.24. The first-order chi connectivity index (χ1) is 8.32. The number of hydrogen-bond acceptors (Lipinski definition) is 0. The Morgan fingerprint density at radius 2 is 1.11 bits per heavy atom. The zero-order valence-electron chi connectivity index (χ0n) is 14.2. The van der Waals surface area contributed by atoms with Crippen LogP contribution in [0.5, 0.6) is 0 Å². The van der Waals surface area contributed by atoms with Crippen LogP contribution in [0.1, 0.15) is 62.3 Å². The molecule has 106 valence electrons. The van der Waals surface area contributed by atoms with Crippen molar-refractivity contribution in [3.05, 3.63) is 40.7 Å². The van der Waals surface area contributed by atoms with Crippen molar-refractivity contribution >= 4 is 0 Å². The van der Waals surface area contributed by atoms with Crippen molar-refractivity contribution in [2.24, 2.45) is 16.2 Å². The molecule has 0 heteroatoms. The maximum Gasteiger partial charge on any atom is -0.0000683 e. The van der Waals surface area contributed by atoms with Gasteiger partial charge in [0.1, 0.15) is 0 Å². The van der Waals surface area contributed by atoms with E-state index in [1.54, 1.807) is 0 Å². The van der Waals surface area contributed by atoms with Gasteiger partial charge in [-0.2, -0.15) is 0 Å². The van der Waals surface area contributed by atoms with Crippen LogP contribution in [0.2, 0.25) is 0 Å². The van der Waals surface area contributed by atoms with Crippen LogP contribution in [-0.2, 0) is 0 Å². The van der Waals surface area contributed by atoms with Crippen molar-refractivity contribution in [2.75, 3.05) is 0 Å². The first-order valence-electron chi connectivity index (χ1n) is 7.24. The lowest BCUT2D eigenvalue weighted by Gasteiger charge is -2.24. The summed E-state index contributed by atoms with van der Waals surface area (Å²) in [6.45, 7) is 20.3. The van der Waals surface area contributed by atoms with Gasteiger partial charge in [0.15, 0.2) is 0 Å². The van der Waals surface area contributed by atoms with Gasteiger partial charge in [0.25, 0.3) is 0 Å². The molecule has 0 radical (unpaired) electrons. The van der Waals surface area contributed by atoms with Crippen LogP contribution in [0.15, 0.2) is 40.7 Å². The summed E-state index contributed by atoms with van der Waals surface area (Å²) in [5, 5.41) is 0. The Morgan fingerprint density at radius 3 is 1.47 bits per heavy atom. The van der Waals surface area contributed by atoms with Crippen molar-refractivity contribution in [3.8, 4) is 0 Å². The Balaban J connectivity index is 3.48. The molecular weight excluding hydrogens is 228 g/mol. The number of allylic oxidation sites excluding steroid dienone is 5. The molecule has 0 N–H and O–H groups in total. The monoisotopic (exact) mass is 258 g/mol. The Labute approximate surface area is 120 Å². The molecule has 19 heavy (non-hydrogen) atoms. The standard InChI is InChI=1S/C19H30/c1-17(2,3)14-10-11-15(18(4,5)6)13-16(12-14)19(7,8)9/h10-12H,1-9H3. The zero-order chi connectivity index (χ0) is 15.1. The normalized spacial score (nSPS) is 17.6. The second kappa shape index (κ2) is 4.84. The third-order valence-electron chi connectivity index (χ3n) is 3.48. The fourth-order valence-corrected chi connectivity index (χ4v) is 1.91. The molecule has 0 aromatic heterocycles. The highest BCUT2D eigenvalue weighted by atomic mass is 14.3. The van der Waals surface area contributed by atoms with E-state index in [1.807, 2.05) is 0 Å². The molecule has 0 spiro atoms. The molecule has 0 saturated heterocycles. The van der Waals surface area contributed by atoms with E-state index in [0.29, 0.717) is 0 Å². The summed E-state index contributed by atoms with van der Waals surface area (Å²) in [5.41, 5.74) is 8.06. The van der Waals surface area contributed by atoms with Crippen molar-refractivity contribution < 1.29 is 0 Å². The second-order valence-corrected chi connectivity index (χ2v) is 8.64. The minimum Gasteiger partial charge on any atom is -0.113 e. The van der Waals surface area contributed by atoms with Crippen molar-refractivity contribution in [1.82, 2.24) is 0 Å². The van der Waals surface area contributed by atoms with Crippen molar-refractivity contribution in [2.45, 2.75) is 62.3 Å². The lowest BCUT2D eigenvalue weighted by molar-refractivity contribution is 0.497. The van der Waals surface area contributed by atoms with E-state index in [9.17, 15) is 0 Å². The molecule has 0 aromatic carbocycles. The molecule has 0 bridgehead atoms. The first kappa shape index (κ1) is 16.1. The van der Waals surface area contributed by atoms with E-state index in [1.165, 1.54) is 16.7 Å². The van der Waals surface area contributed by atoms with Gasteiger partial charge in [0, 0.05) is 0 Å². The van der Waals surface area contributed by atoms with Crippen LogP contribution in [0, 0.1) is 16.2 Å². The third kappa shape index (κ3) is 4.25. The molecule has 1 rings (SSSR count). The molecule has 0 aliphatic heterocycles. The summed E-state index contributed by atoms with van der Waals surface area (Å²) in [6, 6.07) is 0. The topological polar surface area (TPSA) is 0 Å². The predicted molar refractivity (Wildman–Crippen MR) is 86.1 cm³/mol. The van der Waals surface area contributed by atoms with Gasteiger partial charge in [-0.25, -0.2) is 0 Å². The molecule has 0 atom stereocenters. The average Bonchev–Trinajstić information content (AvgIpc) is 2.35. The molecule has 1 aliphatic rings. The van der Waals surface area contributed by atoms with Gasteiger partial charge in [0.05, 0.1) is 0 Å². The van der Waals surface area contributed by atoms with Crippen LogP contribution < -0.4 is 0 Å². The molecular formula is C19H30. The molecule has 0 aromatic rings. The van der Waals surface area contributed by atoms with E-state index < -0.39 is 0 Å². The Kier molecular flexibility index (Phi) is 4.09. The second-order valence-electron chi connectivity index (χ2n) is 8.64. The summed E-state index contributed by atoms with van der Waals surface area (Å²) in [7, 11) is 0. The third-order valence-corrected chi connectivity index (χ3v) is 3.48. The zero-order valence-corrected chi connectivity index (χ0v) is 14.2. The van der Waals surface area contributed by atoms with Crippen molar-refractivity contribution in [3.63, 3.8) is 0 Å². The van der Waals surface area contributed by atoms with Gasteiger partial charge in [-0.1, -0.05) is 74.5 Å². The molecule has 0 fully saturated rings. The largest absolute Gasteiger partial charge is 0.113 e. The Bertz CT molecular complexity index is 468. The summed E-state index contributed by atoms with van der Waals surface area (Å²) < 4.78 is 0. The number of hydrogen-bond donors (Lipinski definition) is 0. The highest BCUT2D eigenvalue weighted by Gasteiger charge is 2.24. The molecule has 1 aliphatic carbocycles. The van der Waals surface area contributed by atoms with Gasteiger partial charge in [-0.3, -0.25) is 0 Å². The fourth-order valence-electron chi connectivity index (χ4n) is 1.91. The van der Waals surface area contributed by atoms with Crippen LogP contribution in [-0.4, -0.2) is 0 Å². The molecule has 0 saturated carbocycles. The summed E-state index contributed by atoms with van der Waals surface area (Å²) in [5.74, 6) is 0. The van der Waals surface area contributed by atoms with E-state index in [4.69, 9.17) is 0 Å². The lowest BCUT2D eigenvalue weighted by Crippen LogP contribution is -2.11. The molecule has 0 amide bonds. The molecule has 0 unspecified atom stereocenters. The minimum atomic E-state index is 0.124. The van der Waals surface area contributed by atoms with Gasteiger partial charge < -0.3 is 0 Å². The molecule has 0 heterocycles. The van der Waals surface area contributed by atoms with Crippen LogP contribution in [0.3, 0.4) is 0 Å². The Hall–Kier alpha value is -1.00. The average molecular weight is 258 g/mol. The maximum atomic E-state index is 3.67. The van der Waals surface area contributed by atoms with E-state index in [2.05, 4.69) is 86.3 Å². The van der Waals surface area contributed by atoms with Gasteiger partial charge in [-0.15, -0.1) is 5.73 Å². The smallest absolute Gasteiger partial charge is 0.0000683 e. The summed E-state index contributed by atoms with van der Waals surface area (Å²) in [6.07, 6.45) is 6.84. The minimum absolute atomic E-state index is 0.124. The van der Waals surface area contributed by atoms with Crippen LogP contribution in [0.4, 0.5) is 0 Å². The lowest BCUT2D eigenvalue weighted by atomic mass is 9.80. The number of rotatable bonds is 0. The summed E-state index contributed by atoms with van der Waals surface area (Å²) >= 11 is 0. The van der Waals surface area contributed by atoms with E-state index in [-0.39, 0.29) is 16.2 Å².